The van der Waals surface area contributed by atoms with Crippen molar-refractivity contribution in [3.8, 4) is 0 Å². The first-order valence-electron chi connectivity index (χ1n) is 3.61. The second-order valence-corrected chi connectivity index (χ2v) is 2.63. The molecule has 14 heavy (non-hydrogen) atoms. The van der Waals surface area contributed by atoms with E-state index in [1.54, 1.807) is 0 Å². The van der Waals surface area contributed by atoms with Crippen LogP contribution in [0.4, 0.5) is 13.2 Å². The number of alkyl halides is 2. The number of aryl methyl sites for hydroxylation is 1. The summed E-state index contributed by atoms with van der Waals surface area (Å²) in [5.41, 5.74) is -1.91. The molecule has 0 fully saturated rings. The predicted molar refractivity (Wildman–Crippen MR) is 40.8 cm³/mol. The molecule has 0 radical (unpaired) electrons. The van der Waals surface area contributed by atoms with Crippen LogP contribution >= 0.6 is 0 Å². The van der Waals surface area contributed by atoms with Crippen LogP contribution in [0.3, 0.4) is 0 Å². The summed E-state index contributed by atoms with van der Waals surface area (Å²) in [5, 5.41) is 8.51. The molecule has 0 bridgehead atoms. The highest BCUT2D eigenvalue weighted by Crippen LogP contribution is 2.27. The van der Waals surface area contributed by atoms with Crippen molar-refractivity contribution in [1.29, 1.82) is 0 Å². The molecule has 0 aliphatic rings. The zero-order valence-corrected chi connectivity index (χ0v) is 7.09. The lowest BCUT2D eigenvalue weighted by atomic mass is 10.1. The van der Waals surface area contributed by atoms with Crippen LogP contribution in [0.15, 0.2) is 6.20 Å². The Bertz CT molecular complexity index is 379. The summed E-state index contributed by atoms with van der Waals surface area (Å²) in [5.74, 6) is -3.13. The molecule has 0 atom stereocenters. The maximum absolute atomic E-state index is 12.8. The van der Waals surface area contributed by atoms with Crippen LogP contribution in [-0.2, 0) is 0 Å². The molecule has 1 aromatic rings. The van der Waals surface area contributed by atoms with Crippen LogP contribution < -0.4 is 0 Å². The summed E-state index contributed by atoms with van der Waals surface area (Å²) in [7, 11) is 0. The Labute approximate surface area is 77.2 Å². The Morgan fingerprint density at radius 1 is 1.57 bits per heavy atom. The van der Waals surface area contributed by atoms with Gasteiger partial charge in [-0.25, -0.2) is 18.6 Å². The van der Waals surface area contributed by atoms with Crippen molar-refractivity contribution in [2.24, 2.45) is 0 Å². The summed E-state index contributed by atoms with van der Waals surface area (Å²) in [6.07, 6.45) is -2.15. The van der Waals surface area contributed by atoms with E-state index in [0.717, 1.165) is 6.20 Å². The van der Waals surface area contributed by atoms with Gasteiger partial charge in [0.25, 0.3) is 6.43 Å². The first-order valence-corrected chi connectivity index (χ1v) is 3.61. The van der Waals surface area contributed by atoms with Gasteiger partial charge in [-0.15, -0.1) is 0 Å². The lowest BCUT2D eigenvalue weighted by molar-refractivity contribution is 0.0676. The third-order valence-corrected chi connectivity index (χ3v) is 1.70. The van der Waals surface area contributed by atoms with E-state index in [2.05, 4.69) is 4.98 Å². The number of carboxylic acids is 1. The summed E-state index contributed by atoms with van der Waals surface area (Å²) in [6.45, 7) is 1.25. The van der Waals surface area contributed by atoms with Gasteiger partial charge in [-0.3, -0.25) is 0 Å². The van der Waals surface area contributed by atoms with Crippen molar-refractivity contribution in [3.05, 3.63) is 28.8 Å². The van der Waals surface area contributed by atoms with E-state index in [9.17, 15) is 18.0 Å². The van der Waals surface area contributed by atoms with Crippen molar-refractivity contribution < 1.29 is 23.1 Å². The third kappa shape index (κ3) is 1.68. The number of carbonyl (C=O) groups is 1. The SMILES string of the molecule is Cc1cnc(F)c(C(=O)O)c1C(F)F. The van der Waals surface area contributed by atoms with Crippen LogP contribution in [0.5, 0.6) is 0 Å². The van der Waals surface area contributed by atoms with Crippen LogP contribution in [0.2, 0.25) is 0 Å². The van der Waals surface area contributed by atoms with Crippen LogP contribution in [0, 0.1) is 12.9 Å². The van der Waals surface area contributed by atoms with Crippen LogP contribution in [-0.4, -0.2) is 16.1 Å². The van der Waals surface area contributed by atoms with Crippen molar-refractivity contribution in [2.75, 3.05) is 0 Å². The van der Waals surface area contributed by atoms with E-state index >= 15 is 0 Å². The maximum Gasteiger partial charge on any atom is 0.340 e. The lowest BCUT2D eigenvalue weighted by Crippen LogP contribution is -2.10. The second-order valence-electron chi connectivity index (χ2n) is 2.63. The molecule has 1 N–H and O–H groups in total. The quantitative estimate of drug-likeness (QED) is 0.752. The maximum atomic E-state index is 12.8. The average Bonchev–Trinajstić information content (AvgIpc) is 2.07. The summed E-state index contributed by atoms with van der Waals surface area (Å²) >= 11 is 0. The molecule has 6 heteroatoms. The molecule has 1 rings (SSSR count). The molecule has 0 unspecified atom stereocenters. The summed E-state index contributed by atoms with van der Waals surface area (Å²) < 4.78 is 37.6. The number of pyridine rings is 1. The monoisotopic (exact) mass is 205 g/mol. The van der Waals surface area contributed by atoms with E-state index in [1.165, 1.54) is 6.92 Å². The molecule has 76 valence electrons. The number of carboxylic acid groups (broad SMARTS) is 1. The van der Waals surface area contributed by atoms with Crippen molar-refractivity contribution in [1.82, 2.24) is 4.98 Å². The second kappa shape index (κ2) is 3.65. The lowest BCUT2D eigenvalue weighted by Gasteiger charge is -2.08. The minimum atomic E-state index is -3.03. The topological polar surface area (TPSA) is 50.2 Å². The van der Waals surface area contributed by atoms with Crippen molar-refractivity contribution in [3.63, 3.8) is 0 Å². The number of hydrogen-bond donors (Lipinski definition) is 1. The van der Waals surface area contributed by atoms with Crippen LogP contribution in [0.1, 0.15) is 27.9 Å². The molecule has 0 amide bonds. The highest BCUT2D eigenvalue weighted by Gasteiger charge is 2.25. The number of halogens is 3. The Morgan fingerprint density at radius 3 is 2.50 bits per heavy atom. The number of hydrogen-bond acceptors (Lipinski definition) is 2. The third-order valence-electron chi connectivity index (χ3n) is 1.70. The summed E-state index contributed by atoms with van der Waals surface area (Å²) in [4.78, 5) is 13.5. The summed E-state index contributed by atoms with van der Waals surface area (Å²) in [6, 6.07) is 0. The Balaban J connectivity index is 3.50. The van der Waals surface area contributed by atoms with Gasteiger partial charge >= 0.3 is 5.97 Å². The van der Waals surface area contributed by atoms with E-state index in [0.29, 0.717) is 0 Å². The Morgan fingerprint density at radius 2 is 2.14 bits per heavy atom. The fourth-order valence-corrected chi connectivity index (χ4v) is 1.08. The fourth-order valence-electron chi connectivity index (χ4n) is 1.08. The van der Waals surface area contributed by atoms with Gasteiger partial charge in [-0.05, 0) is 12.5 Å². The zero-order valence-electron chi connectivity index (χ0n) is 7.09. The van der Waals surface area contributed by atoms with Gasteiger partial charge in [0.2, 0.25) is 5.95 Å². The van der Waals surface area contributed by atoms with Gasteiger partial charge in [0.05, 0.1) is 0 Å². The van der Waals surface area contributed by atoms with Crippen molar-refractivity contribution >= 4 is 5.97 Å². The molecule has 1 aromatic heterocycles. The largest absolute Gasteiger partial charge is 0.478 e. The molecular weight excluding hydrogens is 199 g/mol. The Hall–Kier alpha value is -1.59. The van der Waals surface area contributed by atoms with Crippen molar-refractivity contribution in [2.45, 2.75) is 13.3 Å². The first-order chi connectivity index (χ1) is 6.45. The Kier molecular flexibility index (Phi) is 2.73. The van der Waals surface area contributed by atoms with E-state index in [-0.39, 0.29) is 5.56 Å². The zero-order chi connectivity index (χ0) is 10.9. The minimum absolute atomic E-state index is 0.0428. The standard InChI is InChI=1S/C8H6F3NO2/c1-3-2-12-7(11)5(8(13)14)4(3)6(9)10/h2,6H,1H3,(H,13,14). The van der Waals surface area contributed by atoms with Crippen LogP contribution in [0.25, 0.3) is 0 Å². The van der Waals surface area contributed by atoms with Gasteiger partial charge < -0.3 is 5.11 Å². The van der Waals surface area contributed by atoms with Gasteiger partial charge in [-0.1, -0.05) is 0 Å². The smallest absolute Gasteiger partial charge is 0.340 e. The normalized spacial score (nSPS) is 10.6. The molecule has 3 nitrogen and oxygen atoms in total. The molecule has 0 spiro atoms. The van der Waals surface area contributed by atoms with Gasteiger partial charge in [0.1, 0.15) is 5.56 Å². The molecule has 0 aromatic carbocycles. The molecule has 0 saturated carbocycles. The number of rotatable bonds is 2. The van der Waals surface area contributed by atoms with Gasteiger partial charge in [0.15, 0.2) is 0 Å². The first kappa shape index (κ1) is 10.5. The van der Waals surface area contributed by atoms with Gasteiger partial charge in [0, 0.05) is 11.8 Å². The van der Waals surface area contributed by atoms with E-state index in [1.807, 2.05) is 0 Å². The fraction of sp³-hybridized carbons (Fsp3) is 0.250. The number of aromatic carboxylic acids is 1. The molecule has 0 aliphatic heterocycles. The molecule has 1 heterocycles. The predicted octanol–water partition coefficient (Wildman–Crippen LogP) is 2.16. The molecule has 0 aliphatic carbocycles. The molecular formula is C8H6F3NO2. The minimum Gasteiger partial charge on any atom is -0.478 e. The highest BCUT2D eigenvalue weighted by atomic mass is 19.3. The van der Waals surface area contributed by atoms with E-state index in [4.69, 9.17) is 5.11 Å². The number of aromatic nitrogens is 1. The van der Waals surface area contributed by atoms with E-state index < -0.39 is 29.5 Å². The van der Waals surface area contributed by atoms with Gasteiger partial charge in [-0.2, -0.15) is 4.39 Å². The average molecular weight is 205 g/mol. The number of nitrogens with zero attached hydrogens (tertiary/aromatic N) is 1. The molecule has 0 saturated heterocycles. The highest BCUT2D eigenvalue weighted by molar-refractivity contribution is 5.89.